The summed E-state index contributed by atoms with van der Waals surface area (Å²) < 4.78 is 0. The van der Waals surface area contributed by atoms with Gasteiger partial charge in [0.2, 0.25) is 0 Å². The molecule has 1 heterocycles. The molecule has 0 spiro atoms. The first-order valence-corrected chi connectivity index (χ1v) is 7.26. The van der Waals surface area contributed by atoms with Crippen LogP contribution < -0.4 is 0 Å². The molecule has 0 amide bonds. The van der Waals surface area contributed by atoms with E-state index in [0.29, 0.717) is 0 Å². The summed E-state index contributed by atoms with van der Waals surface area (Å²) in [5.74, 6) is 0. The van der Waals surface area contributed by atoms with Gasteiger partial charge in [-0.15, -0.1) is 0 Å². The topological polar surface area (TPSA) is 25.2 Å². The van der Waals surface area contributed by atoms with Gasteiger partial charge in [-0.05, 0) is 57.9 Å². The van der Waals surface area contributed by atoms with Crippen molar-refractivity contribution >= 4 is 33.4 Å². The van der Waals surface area contributed by atoms with Crippen molar-refractivity contribution in [2.45, 2.75) is 0 Å². The van der Waals surface area contributed by atoms with Gasteiger partial charge in [-0.1, -0.05) is 36.4 Å². The van der Waals surface area contributed by atoms with Crippen molar-refractivity contribution < 1.29 is 0 Å². The van der Waals surface area contributed by atoms with E-state index in [2.05, 4.69) is 58.5 Å². The molecule has 2 heteroatoms. The SMILES string of the molecule is C(=Nc1ccc2cc3ccccc3cc2c1)c1ccccn1. The summed E-state index contributed by atoms with van der Waals surface area (Å²) in [7, 11) is 0. The van der Waals surface area contributed by atoms with Crippen LogP contribution in [-0.2, 0) is 0 Å². The molecule has 2 nitrogen and oxygen atoms in total. The van der Waals surface area contributed by atoms with Crippen molar-refractivity contribution in [1.29, 1.82) is 0 Å². The molecule has 3 aromatic carbocycles. The maximum Gasteiger partial charge on any atom is 0.0812 e. The number of hydrogen-bond donors (Lipinski definition) is 0. The van der Waals surface area contributed by atoms with Gasteiger partial charge in [-0.25, -0.2) is 0 Å². The van der Waals surface area contributed by atoms with Gasteiger partial charge in [0.05, 0.1) is 17.6 Å². The Bertz CT molecular complexity index is 972. The molecule has 0 aliphatic rings. The lowest BCUT2D eigenvalue weighted by Crippen LogP contribution is -1.84. The van der Waals surface area contributed by atoms with Gasteiger partial charge in [-0.3, -0.25) is 9.98 Å². The Morgan fingerprint density at radius 1 is 0.682 bits per heavy atom. The van der Waals surface area contributed by atoms with E-state index in [4.69, 9.17) is 0 Å². The second kappa shape index (κ2) is 5.41. The lowest BCUT2D eigenvalue weighted by molar-refractivity contribution is 1.30. The van der Waals surface area contributed by atoms with Crippen molar-refractivity contribution in [2.24, 2.45) is 4.99 Å². The van der Waals surface area contributed by atoms with Crippen LogP contribution in [-0.4, -0.2) is 11.2 Å². The van der Waals surface area contributed by atoms with E-state index in [1.165, 1.54) is 21.5 Å². The Kier molecular flexibility index (Phi) is 3.13. The predicted octanol–water partition coefficient (Wildman–Crippen LogP) is 5.14. The smallest absolute Gasteiger partial charge is 0.0812 e. The Balaban J connectivity index is 1.76. The standard InChI is InChI=1S/C20H14N2/c1-2-6-16-12-18-13-19(9-8-17(18)11-15(16)5-1)22-14-20-7-3-4-10-21-20/h1-14H. The van der Waals surface area contributed by atoms with E-state index in [0.717, 1.165) is 11.4 Å². The fraction of sp³-hybridized carbons (Fsp3) is 0. The van der Waals surface area contributed by atoms with Crippen molar-refractivity contribution in [3.05, 3.63) is 84.7 Å². The number of rotatable bonds is 2. The van der Waals surface area contributed by atoms with Crippen LogP contribution in [0.4, 0.5) is 5.69 Å². The van der Waals surface area contributed by atoms with Crippen LogP contribution in [0.3, 0.4) is 0 Å². The van der Waals surface area contributed by atoms with Crippen LogP contribution in [0.25, 0.3) is 21.5 Å². The first kappa shape index (κ1) is 12.7. The van der Waals surface area contributed by atoms with Crippen LogP contribution >= 0.6 is 0 Å². The summed E-state index contributed by atoms with van der Waals surface area (Å²) in [6.45, 7) is 0. The number of aliphatic imine (C=N–C) groups is 1. The van der Waals surface area contributed by atoms with Crippen LogP contribution in [0.15, 0.2) is 84.0 Å². The summed E-state index contributed by atoms with van der Waals surface area (Å²) in [5, 5.41) is 4.95. The van der Waals surface area contributed by atoms with Crippen LogP contribution in [0.2, 0.25) is 0 Å². The van der Waals surface area contributed by atoms with Crippen LogP contribution in [0.5, 0.6) is 0 Å². The Labute approximate surface area is 128 Å². The highest BCUT2D eigenvalue weighted by Gasteiger charge is 1.99. The third-order valence-corrected chi connectivity index (χ3v) is 3.72. The normalized spacial score (nSPS) is 11.5. The predicted molar refractivity (Wildman–Crippen MR) is 92.9 cm³/mol. The second-order valence-electron chi connectivity index (χ2n) is 5.24. The summed E-state index contributed by atoms with van der Waals surface area (Å²) in [4.78, 5) is 8.77. The van der Waals surface area contributed by atoms with Crippen molar-refractivity contribution in [3.63, 3.8) is 0 Å². The molecule has 0 N–H and O–H groups in total. The molecule has 0 radical (unpaired) electrons. The fourth-order valence-electron chi connectivity index (χ4n) is 2.60. The highest BCUT2D eigenvalue weighted by Crippen LogP contribution is 2.26. The largest absolute Gasteiger partial charge is 0.255 e. The van der Waals surface area contributed by atoms with E-state index in [1.54, 1.807) is 12.4 Å². The molecule has 0 saturated carbocycles. The van der Waals surface area contributed by atoms with E-state index < -0.39 is 0 Å². The van der Waals surface area contributed by atoms with Crippen molar-refractivity contribution in [2.75, 3.05) is 0 Å². The average Bonchev–Trinajstić information content (AvgIpc) is 2.59. The van der Waals surface area contributed by atoms with Gasteiger partial charge in [0.15, 0.2) is 0 Å². The minimum Gasteiger partial charge on any atom is -0.255 e. The summed E-state index contributed by atoms with van der Waals surface area (Å²) in [6, 6.07) is 24.9. The quantitative estimate of drug-likeness (QED) is 0.369. The van der Waals surface area contributed by atoms with Gasteiger partial charge in [0.1, 0.15) is 0 Å². The van der Waals surface area contributed by atoms with Gasteiger partial charge in [0, 0.05) is 6.20 Å². The van der Waals surface area contributed by atoms with Crippen LogP contribution in [0.1, 0.15) is 5.69 Å². The monoisotopic (exact) mass is 282 g/mol. The highest BCUT2D eigenvalue weighted by atomic mass is 14.8. The van der Waals surface area contributed by atoms with Crippen LogP contribution in [0, 0.1) is 0 Å². The zero-order valence-corrected chi connectivity index (χ0v) is 12.0. The van der Waals surface area contributed by atoms with E-state index >= 15 is 0 Å². The molecule has 0 aliphatic carbocycles. The maximum absolute atomic E-state index is 4.52. The fourth-order valence-corrected chi connectivity index (χ4v) is 2.60. The molecule has 4 aromatic rings. The zero-order valence-electron chi connectivity index (χ0n) is 12.0. The molecule has 0 aliphatic heterocycles. The van der Waals surface area contributed by atoms with Gasteiger partial charge < -0.3 is 0 Å². The number of benzene rings is 3. The Morgan fingerprint density at radius 2 is 1.41 bits per heavy atom. The molecule has 22 heavy (non-hydrogen) atoms. The summed E-state index contributed by atoms with van der Waals surface area (Å²) in [6.07, 6.45) is 3.57. The van der Waals surface area contributed by atoms with E-state index in [9.17, 15) is 0 Å². The molecule has 0 saturated heterocycles. The Hall–Kier alpha value is -3.00. The van der Waals surface area contributed by atoms with Crippen molar-refractivity contribution in [1.82, 2.24) is 4.98 Å². The molecule has 0 unspecified atom stereocenters. The lowest BCUT2D eigenvalue weighted by atomic mass is 10.0. The van der Waals surface area contributed by atoms with E-state index in [1.807, 2.05) is 24.3 Å². The van der Waals surface area contributed by atoms with Gasteiger partial charge >= 0.3 is 0 Å². The van der Waals surface area contributed by atoms with Gasteiger partial charge in [0.25, 0.3) is 0 Å². The zero-order chi connectivity index (χ0) is 14.8. The molecule has 0 atom stereocenters. The van der Waals surface area contributed by atoms with Gasteiger partial charge in [-0.2, -0.15) is 0 Å². The minimum atomic E-state index is 0.862. The first-order chi connectivity index (χ1) is 10.9. The number of fused-ring (bicyclic) bond motifs is 2. The van der Waals surface area contributed by atoms with E-state index in [-0.39, 0.29) is 0 Å². The summed E-state index contributed by atoms with van der Waals surface area (Å²) >= 11 is 0. The highest BCUT2D eigenvalue weighted by molar-refractivity contribution is 5.99. The first-order valence-electron chi connectivity index (χ1n) is 7.26. The molecular weight excluding hydrogens is 268 g/mol. The second-order valence-corrected chi connectivity index (χ2v) is 5.24. The third kappa shape index (κ3) is 2.47. The maximum atomic E-state index is 4.52. The number of aromatic nitrogens is 1. The number of nitrogens with zero attached hydrogens (tertiary/aromatic N) is 2. The molecule has 4 rings (SSSR count). The molecule has 0 fully saturated rings. The molecule has 1 aromatic heterocycles. The molecule has 0 bridgehead atoms. The number of pyridine rings is 1. The average molecular weight is 282 g/mol. The lowest BCUT2D eigenvalue weighted by Gasteiger charge is -2.03. The Morgan fingerprint density at radius 3 is 2.18 bits per heavy atom. The third-order valence-electron chi connectivity index (χ3n) is 3.72. The minimum absolute atomic E-state index is 0.862. The molecule has 104 valence electrons. The number of hydrogen-bond acceptors (Lipinski definition) is 2. The molecular formula is C20H14N2. The van der Waals surface area contributed by atoms with Crippen molar-refractivity contribution in [3.8, 4) is 0 Å². The summed E-state index contributed by atoms with van der Waals surface area (Å²) in [5.41, 5.74) is 1.80.